The standard InChI is InChI=1S/C16H23ClN2O2/c1-2-18-13-6-8-15(9-7-13)21-11-16(20)19-14-5-3-4-12(17)10-14/h3-5,10,13,15,18H,2,6-9,11H2,1H3,(H,19,20). The van der Waals surface area contributed by atoms with Gasteiger partial charge in [-0.25, -0.2) is 0 Å². The Morgan fingerprint density at radius 1 is 1.33 bits per heavy atom. The van der Waals surface area contributed by atoms with Crippen LogP contribution in [-0.2, 0) is 9.53 Å². The number of anilines is 1. The van der Waals surface area contributed by atoms with E-state index in [-0.39, 0.29) is 18.6 Å². The number of hydrogen-bond donors (Lipinski definition) is 2. The predicted molar refractivity (Wildman–Crippen MR) is 85.8 cm³/mol. The molecular formula is C16H23ClN2O2. The van der Waals surface area contributed by atoms with E-state index in [1.54, 1.807) is 18.2 Å². The number of ether oxygens (including phenoxy) is 1. The first-order valence-electron chi connectivity index (χ1n) is 7.57. The van der Waals surface area contributed by atoms with Crippen molar-refractivity contribution in [1.82, 2.24) is 5.32 Å². The minimum Gasteiger partial charge on any atom is -0.368 e. The van der Waals surface area contributed by atoms with Crippen molar-refractivity contribution in [1.29, 1.82) is 0 Å². The Labute approximate surface area is 131 Å². The SMILES string of the molecule is CCNC1CCC(OCC(=O)Nc2cccc(Cl)c2)CC1. The molecule has 0 atom stereocenters. The first-order chi connectivity index (χ1) is 10.2. The summed E-state index contributed by atoms with van der Waals surface area (Å²) in [6.07, 6.45) is 4.47. The molecule has 2 rings (SSSR count). The summed E-state index contributed by atoms with van der Waals surface area (Å²) in [5.74, 6) is -0.133. The van der Waals surface area contributed by atoms with Gasteiger partial charge >= 0.3 is 0 Å². The van der Waals surface area contributed by atoms with Gasteiger partial charge in [0.1, 0.15) is 6.61 Å². The van der Waals surface area contributed by atoms with Crippen LogP contribution in [0.25, 0.3) is 0 Å². The van der Waals surface area contributed by atoms with Crippen LogP contribution in [-0.4, -0.2) is 31.2 Å². The number of rotatable bonds is 6. The quantitative estimate of drug-likeness (QED) is 0.848. The molecule has 0 heterocycles. The zero-order chi connectivity index (χ0) is 15.1. The van der Waals surface area contributed by atoms with Crippen molar-refractivity contribution in [2.24, 2.45) is 0 Å². The molecule has 0 aromatic heterocycles. The molecule has 0 saturated heterocycles. The van der Waals surface area contributed by atoms with Crippen LogP contribution in [0.5, 0.6) is 0 Å². The molecule has 4 nitrogen and oxygen atoms in total. The van der Waals surface area contributed by atoms with E-state index in [9.17, 15) is 4.79 Å². The van der Waals surface area contributed by atoms with Crippen molar-refractivity contribution >= 4 is 23.2 Å². The van der Waals surface area contributed by atoms with Gasteiger partial charge in [0.2, 0.25) is 5.91 Å². The van der Waals surface area contributed by atoms with Gasteiger partial charge in [-0.1, -0.05) is 24.6 Å². The summed E-state index contributed by atoms with van der Waals surface area (Å²) in [5, 5.41) is 6.86. The van der Waals surface area contributed by atoms with E-state index in [0.717, 1.165) is 32.2 Å². The summed E-state index contributed by atoms with van der Waals surface area (Å²) in [5.41, 5.74) is 0.701. The first kappa shape index (κ1) is 16.3. The zero-order valence-corrected chi connectivity index (χ0v) is 13.2. The average Bonchev–Trinajstić information content (AvgIpc) is 2.47. The summed E-state index contributed by atoms with van der Waals surface area (Å²) in [6, 6.07) is 7.72. The lowest BCUT2D eigenvalue weighted by molar-refractivity contribution is -0.123. The van der Waals surface area contributed by atoms with Gasteiger partial charge in [0, 0.05) is 16.8 Å². The highest BCUT2D eigenvalue weighted by atomic mass is 35.5. The maximum absolute atomic E-state index is 11.8. The average molecular weight is 311 g/mol. The minimum absolute atomic E-state index is 0.100. The second-order valence-corrected chi connectivity index (χ2v) is 5.84. The highest BCUT2D eigenvalue weighted by Gasteiger charge is 2.21. The molecule has 0 unspecified atom stereocenters. The normalized spacial score (nSPS) is 22.0. The molecule has 0 aliphatic heterocycles. The van der Waals surface area contributed by atoms with Crippen molar-refractivity contribution in [3.8, 4) is 0 Å². The molecule has 1 aliphatic carbocycles. The monoisotopic (exact) mass is 310 g/mol. The van der Waals surface area contributed by atoms with E-state index in [2.05, 4.69) is 17.6 Å². The number of amides is 1. The van der Waals surface area contributed by atoms with Crippen molar-refractivity contribution in [3.05, 3.63) is 29.3 Å². The number of halogens is 1. The van der Waals surface area contributed by atoms with Gasteiger partial charge < -0.3 is 15.4 Å². The van der Waals surface area contributed by atoms with Gasteiger partial charge in [-0.15, -0.1) is 0 Å². The minimum atomic E-state index is -0.133. The van der Waals surface area contributed by atoms with Gasteiger partial charge in [0.15, 0.2) is 0 Å². The lowest BCUT2D eigenvalue weighted by Gasteiger charge is -2.28. The van der Waals surface area contributed by atoms with Crippen LogP contribution in [0.15, 0.2) is 24.3 Å². The molecule has 0 bridgehead atoms. The topological polar surface area (TPSA) is 50.4 Å². The second-order valence-electron chi connectivity index (χ2n) is 5.40. The molecule has 1 fully saturated rings. The van der Waals surface area contributed by atoms with Crippen LogP contribution in [0.3, 0.4) is 0 Å². The maximum atomic E-state index is 11.8. The fourth-order valence-corrected chi connectivity index (χ4v) is 2.87. The van der Waals surface area contributed by atoms with E-state index in [0.29, 0.717) is 16.8 Å². The Bertz CT molecular complexity index is 459. The third kappa shape index (κ3) is 5.65. The Balaban J connectivity index is 1.68. The highest BCUT2D eigenvalue weighted by molar-refractivity contribution is 6.30. The number of hydrogen-bond acceptors (Lipinski definition) is 3. The fraction of sp³-hybridized carbons (Fsp3) is 0.562. The molecule has 116 valence electrons. The van der Waals surface area contributed by atoms with Gasteiger partial charge in [-0.3, -0.25) is 4.79 Å². The van der Waals surface area contributed by atoms with Crippen molar-refractivity contribution in [2.45, 2.75) is 44.8 Å². The van der Waals surface area contributed by atoms with Crippen LogP contribution >= 0.6 is 11.6 Å². The maximum Gasteiger partial charge on any atom is 0.250 e. The fourth-order valence-electron chi connectivity index (χ4n) is 2.68. The summed E-state index contributed by atoms with van der Waals surface area (Å²) in [4.78, 5) is 11.8. The van der Waals surface area contributed by atoms with Crippen LogP contribution in [0.4, 0.5) is 5.69 Å². The Kier molecular flexibility index (Phi) is 6.49. The second kappa shape index (κ2) is 8.37. The molecular weight excluding hydrogens is 288 g/mol. The number of benzene rings is 1. The predicted octanol–water partition coefficient (Wildman–Crippen LogP) is 3.22. The molecule has 1 aromatic rings. The first-order valence-corrected chi connectivity index (χ1v) is 7.95. The largest absolute Gasteiger partial charge is 0.368 e. The Morgan fingerprint density at radius 2 is 2.10 bits per heavy atom. The van der Waals surface area contributed by atoms with Crippen molar-refractivity contribution in [3.63, 3.8) is 0 Å². The van der Waals surface area contributed by atoms with Crippen LogP contribution < -0.4 is 10.6 Å². The third-order valence-electron chi connectivity index (χ3n) is 3.73. The smallest absolute Gasteiger partial charge is 0.250 e. The Morgan fingerprint density at radius 3 is 2.76 bits per heavy atom. The summed E-state index contributed by atoms with van der Waals surface area (Å²) in [6.45, 7) is 3.24. The van der Waals surface area contributed by atoms with Crippen LogP contribution in [0, 0.1) is 0 Å². The van der Waals surface area contributed by atoms with Crippen LogP contribution in [0.1, 0.15) is 32.6 Å². The Hall–Kier alpha value is -1.10. The molecule has 1 amide bonds. The van der Waals surface area contributed by atoms with Gasteiger partial charge in [-0.05, 0) is 50.4 Å². The molecule has 0 radical (unpaired) electrons. The number of nitrogens with one attached hydrogen (secondary N) is 2. The zero-order valence-electron chi connectivity index (χ0n) is 12.4. The van der Waals surface area contributed by atoms with Gasteiger partial charge in [-0.2, -0.15) is 0 Å². The van der Waals surface area contributed by atoms with Crippen molar-refractivity contribution < 1.29 is 9.53 Å². The molecule has 1 aromatic carbocycles. The molecule has 0 spiro atoms. The highest BCUT2D eigenvalue weighted by Crippen LogP contribution is 2.21. The third-order valence-corrected chi connectivity index (χ3v) is 3.96. The van der Waals surface area contributed by atoms with E-state index in [1.165, 1.54) is 0 Å². The van der Waals surface area contributed by atoms with Crippen molar-refractivity contribution in [2.75, 3.05) is 18.5 Å². The van der Waals surface area contributed by atoms with E-state index in [4.69, 9.17) is 16.3 Å². The summed E-state index contributed by atoms with van der Waals surface area (Å²) < 4.78 is 5.70. The molecule has 21 heavy (non-hydrogen) atoms. The number of carbonyl (C=O) groups excluding carboxylic acids is 1. The summed E-state index contributed by atoms with van der Waals surface area (Å²) >= 11 is 5.88. The molecule has 5 heteroatoms. The van der Waals surface area contributed by atoms with Gasteiger partial charge in [0.25, 0.3) is 0 Å². The molecule has 1 aliphatic rings. The van der Waals surface area contributed by atoms with Crippen LogP contribution in [0.2, 0.25) is 5.02 Å². The lowest BCUT2D eigenvalue weighted by Crippen LogP contribution is -2.36. The van der Waals surface area contributed by atoms with E-state index < -0.39 is 0 Å². The lowest BCUT2D eigenvalue weighted by atomic mass is 9.93. The van der Waals surface area contributed by atoms with Gasteiger partial charge in [0.05, 0.1) is 6.10 Å². The van der Waals surface area contributed by atoms with E-state index >= 15 is 0 Å². The summed E-state index contributed by atoms with van der Waals surface area (Å²) in [7, 11) is 0. The molecule has 1 saturated carbocycles. The van der Waals surface area contributed by atoms with E-state index in [1.807, 2.05) is 6.07 Å². The number of carbonyl (C=O) groups is 1. The molecule has 2 N–H and O–H groups in total.